The Labute approximate surface area is 151 Å². The van der Waals surface area contributed by atoms with E-state index in [-0.39, 0.29) is 12.1 Å². The molecule has 1 fully saturated rings. The Balaban J connectivity index is 1.57. The number of nitrogens with one attached hydrogen (secondary N) is 1. The van der Waals surface area contributed by atoms with Crippen molar-refractivity contribution in [3.05, 3.63) is 71.8 Å². The summed E-state index contributed by atoms with van der Waals surface area (Å²) in [6.45, 7) is 4.90. The zero-order valence-corrected chi connectivity index (χ0v) is 15.1. The highest BCUT2D eigenvalue weighted by molar-refractivity contribution is 5.19. The van der Waals surface area contributed by atoms with Gasteiger partial charge in [-0.2, -0.15) is 0 Å². The fourth-order valence-corrected chi connectivity index (χ4v) is 3.76. The van der Waals surface area contributed by atoms with Crippen LogP contribution in [0.25, 0.3) is 0 Å². The van der Waals surface area contributed by atoms with E-state index in [1.165, 1.54) is 11.1 Å². The van der Waals surface area contributed by atoms with Crippen LogP contribution in [0.2, 0.25) is 0 Å². The number of piperidine rings is 1. The summed E-state index contributed by atoms with van der Waals surface area (Å²) >= 11 is 0. The number of aliphatic hydroxyl groups is 1. The molecule has 3 unspecified atom stereocenters. The lowest BCUT2D eigenvalue weighted by molar-refractivity contribution is 0.0324. The zero-order valence-electron chi connectivity index (χ0n) is 15.1. The van der Waals surface area contributed by atoms with Crippen molar-refractivity contribution in [2.45, 2.75) is 50.9 Å². The number of nitrogens with zero attached hydrogens (tertiary/aromatic N) is 1. The summed E-state index contributed by atoms with van der Waals surface area (Å²) in [7, 11) is 0. The molecule has 0 saturated carbocycles. The number of benzene rings is 2. The molecular weight excluding hydrogens is 308 g/mol. The van der Waals surface area contributed by atoms with Crippen LogP contribution in [-0.4, -0.2) is 35.2 Å². The second-order valence-corrected chi connectivity index (χ2v) is 7.10. The molecule has 1 heterocycles. The number of likely N-dealkylation sites (tertiary alicyclic amines) is 1. The summed E-state index contributed by atoms with van der Waals surface area (Å²) in [6, 6.07) is 21.6. The second-order valence-electron chi connectivity index (χ2n) is 7.10. The average Bonchev–Trinajstić information content (AvgIpc) is 2.65. The van der Waals surface area contributed by atoms with Crippen LogP contribution < -0.4 is 5.32 Å². The minimum Gasteiger partial charge on any atom is -0.390 e. The maximum atomic E-state index is 10.7. The van der Waals surface area contributed by atoms with Crippen LogP contribution in [0.5, 0.6) is 0 Å². The maximum Gasteiger partial charge on any atom is 0.0820 e. The number of β-amino-alcohol motifs (C(OH)–C–C–N with tert-alkyl or cyclic N) is 1. The van der Waals surface area contributed by atoms with Gasteiger partial charge in [-0.1, -0.05) is 74.0 Å². The quantitative estimate of drug-likeness (QED) is 0.807. The molecule has 2 aromatic carbocycles. The fraction of sp³-hybridized carbons (Fsp3) is 0.455. The fourth-order valence-electron chi connectivity index (χ4n) is 3.76. The Bertz CT molecular complexity index is 616. The molecular formula is C22H30N2O. The van der Waals surface area contributed by atoms with Gasteiger partial charge in [0, 0.05) is 31.7 Å². The smallest absolute Gasteiger partial charge is 0.0820 e. The van der Waals surface area contributed by atoms with Crippen molar-refractivity contribution in [3.63, 3.8) is 0 Å². The molecule has 3 rings (SSSR count). The number of rotatable bonds is 7. The van der Waals surface area contributed by atoms with Gasteiger partial charge in [0.2, 0.25) is 0 Å². The third kappa shape index (κ3) is 5.15. The monoisotopic (exact) mass is 338 g/mol. The van der Waals surface area contributed by atoms with Gasteiger partial charge in [-0.05, 0) is 24.0 Å². The molecule has 0 aromatic heterocycles. The van der Waals surface area contributed by atoms with E-state index in [0.29, 0.717) is 6.04 Å². The summed E-state index contributed by atoms with van der Waals surface area (Å²) < 4.78 is 0. The Morgan fingerprint density at radius 2 is 1.76 bits per heavy atom. The van der Waals surface area contributed by atoms with Gasteiger partial charge in [0.05, 0.1) is 6.10 Å². The van der Waals surface area contributed by atoms with Crippen LogP contribution in [0.1, 0.15) is 43.4 Å². The Kier molecular flexibility index (Phi) is 6.62. The first-order valence-electron chi connectivity index (χ1n) is 9.51. The van der Waals surface area contributed by atoms with Gasteiger partial charge >= 0.3 is 0 Å². The van der Waals surface area contributed by atoms with Crippen LogP contribution in [0.3, 0.4) is 0 Å². The molecule has 3 nitrogen and oxygen atoms in total. The van der Waals surface area contributed by atoms with E-state index in [2.05, 4.69) is 71.7 Å². The van der Waals surface area contributed by atoms with Crippen LogP contribution in [0.4, 0.5) is 0 Å². The van der Waals surface area contributed by atoms with Gasteiger partial charge in [-0.15, -0.1) is 0 Å². The summed E-state index contributed by atoms with van der Waals surface area (Å²) in [5, 5.41) is 14.4. The van der Waals surface area contributed by atoms with E-state index in [1.807, 2.05) is 6.07 Å². The van der Waals surface area contributed by atoms with Gasteiger partial charge in [-0.25, -0.2) is 0 Å². The minimum absolute atomic E-state index is 0.170. The maximum absolute atomic E-state index is 10.7. The van der Waals surface area contributed by atoms with Gasteiger partial charge in [0.15, 0.2) is 0 Å². The number of hydrogen-bond donors (Lipinski definition) is 2. The average molecular weight is 338 g/mol. The van der Waals surface area contributed by atoms with E-state index >= 15 is 0 Å². The van der Waals surface area contributed by atoms with Crippen molar-refractivity contribution in [1.82, 2.24) is 10.2 Å². The molecule has 1 aliphatic heterocycles. The molecule has 2 N–H and O–H groups in total. The summed E-state index contributed by atoms with van der Waals surface area (Å²) in [4.78, 5) is 2.36. The predicted octanol–water partition coefficient (Wildman–Crippen LogP) is 3.75. The topological polar surface area (TPSA) is 35.5 Å². The summed E-state index contributed by atoms with van der Waals surface area (Å²) in [6.07, 6.45) is 2.90. The molecule has 0 aliphatic carbocycles. The third-order valence-electron chi connectivity index (χ3n) is 5.11. The molecule has 1 aliphatic rings. The molecule has 134 valence electrons. The molecule has 1 saturated heterocycles. The number of aliphatic hydroxyl groups excluding tert-OH is 1. The van der Waals surface area contributed by atoms with Gasteiger partial charge in [0.1, 0.15) is 0 Å². The summed E-state index contributed by atoms with van der Waals surface area (Å²) in [5.41, 5.74) is 2.64. The van der Waals surface area contributed by atoms with Crippen LogP contribution in [-0.2, 0) is 6.54 Å². The van der Waals surface area contributed by atoms with E-state index in [4.69, 9.17) is 0 Å². The Hall–Kier alpha value is -1.68. The molecule has 0 spiro atoms. The van der Waals surface area contributed by atoms with E-state index in [0.717, 1.165) is 38.9 Å². The van der Waals surface area contributed by atoms with Gasteiger partial charge in [0.25, 0.3) is 0 Å². The van der Waals surface area contributed by atoms with Crippen LogP contribution >= 0.6 is 0 Å². The van der Waals surface area contributed by atoms with Crippen LogP contribution in [0, 0.1) is 0 Å². The largest absolute Gasteiger partial charge is 0.390 e. The lowest BCUT2D eigenvalue weighted by Crippen LogP contribution is -2.53. The predicted molar refractivity (Wildman–Crippen MR) is 103 cm³/mol. The van der Waals surface area contributed by atoms with Crippen LogP contribution in [0.15, 0.2) is 60.7 Å². The molecule has 0 radical (unpaired) electrons. The molecule has 0 bridgehead atoms. The van der Waals surface area contributed by atoms with Crippen molar-refractivity contribution in [1.29, 1.82) is 0 Å². The zero-order chi connectivity index (χ0) is 17.5. The Morgan fingerprint density at radius 3 is 2.40 bits per heavy atom. The lowest BCUT2D eigenvalue weighted by Gasteiger charge is -2.38. The molecule has 3 heteroatoms. The van der Waals surface area contributed by atoms with E-state index in [1.54, 1.807) is 0 Å². The van der Waals surface area contributed by atoms with Crippen molar-refractivity contribution in [3.8, 4) is 0 Å². The van der Waals surface area contributed by atoms with Crippen molar-refractivity contribution in [2.24, 2.45) is 0 Å². The molecule has 0 amide bonds. The normalized spacial score (nSPS) is 22.6. The highest BCUT2D eigenvalue weighted by atomic mass is 16.3. The van der Waals surface area contributed by atoms with Gasteiger partial charge in [-0.3, -0.25) is 4.90 Å². The third-order valence-corrected chi connectivity index (χ3v) is 5.11. The van der Waals surface area contributed by atoms with Crippen molar-refractivity contribution >= 4 is 0 Å². The minimum atomic E-state index is -0.319. The van der Waals surface area contributed by atoms with E-state index in [9.17, 15) is 5.11 Å². The first-order valence-corrected chi connectivity index (χ1v) is 9.51. The van der Waals surface area contributed by atoms with Crippen molar-refractivity contribution in [2.75, 3.05) is 13.1 Å². The highest BCUT2D eigenvalue weighted by Gasteiger charge is 2.29. The summed E-state index contributed by atoms with van der Waals surface area (Å²) in [5.74, 6) is 0. The SMILES string of the molecule is CCCC(NC1CCN(Cc2ccccc2)CC1O)c1ccccc1. The first-order chi connectivity index (χ1) is 12.3. The molecule has 25 heavy (non-hydrogen) atoms. The number of hydrogen-bond acceptors (Lipinski definition) is 3. The highest BCUT2D eigenvalue weighted by Crippen LogP contribution is 2.22. The van der Waals surface area contributed by atoms with E-state index < -0.39 is 0 Å². The molecule has 2 aromatic rings. The first kappa shape index (κ1) is 18.1. The lowest BCUT2D eigenvalue weighted by atomic mass is 9.96. The standard InChI is InChI=1S/C22H30N2O/c1-2-9-20(19-12-7-4-8-13-19)23-21-14-15-24(17-22(21)25)16-18-10-5-3-6-11-18/h3-8,10-13,20-23,25H,2,9,14-17H2,1H3. The Morgan fingerprint density at radius 1 is 1.08 bits per heavy atom. The second kappa shape index (κ2) is 9.14. The molecule has 3 atom stereocenters. The van der Waals surface area contributed by atoms with Crippen molar-refractivity contribution < 1.29 is 5.11 Å². The van der Waals surface area contributed by atoms with Gasteiger partial charge < -0.3 is 10.4 Å².